The SMILES string of the molecule is Cc1ccc(OCC2(O)CCC2)cc1Cl. The highest BCUT2D eigenvalue weighted by Crippen LogP contribution is 2.32. The summed E-state index contributed by atoms with van der Waals surface area (Å²) < 4.78 is 5.51. The molecule has 2 rings (SSSR count). The molecule has 0 amide bonds. The summed E-state index contributed by atoms with van der Waals surface area (Å²) in [6, 6.07) is 5.59. The molecule has 0 radical (unpaired) electrons. The molecule has 0 atom stereocenters. The summed E-state index contributed by atoms with van der Waals surface area (Å²) >= 11 is 5.97. The van der Waals surface area contributed by atoms with Crippen LogP contribution in [-0.2, 0) is 0 Å². The summed E-state index contributed by atoms with van der Waals surface area (Å²) in [5.74, 6) is 0.728. The maximum absolute atomic E-state index is 9.84. The molecular weight excluding hydrogens is 212 g/mol. The highest BCUT2D eigenvalue weighted by atomic mass is 35.5. The third kappa shape index (κ3) is 2.44. The molecule has 1 aromatic carbocycles. The normalized spacial score (nSPS) is 18.3. The maximum atomic E-state index is 9.84. The van der Waals surface area contributed by atoms with Crippen molar-refractivity contribution in [3.05, 3.63) is 28.8 Å². The van der Waals surface area contributed by atoms with E-state index in [2.05, 4.69) is 0 Å². The van der Waals surface area contributed by atoms with Crippen molar-refractivity contribution >= 4 is 11.6 Å². The zero-order valence-electron chi connectivity index (χ0n) is 8.79. The lowest BCUT2D eigenvalue weighted by Crippen LogP contribution is -2.42. The van der Waals surface area contributed by atoms with E-state index in [-0.39, 0.29) is 0 Å². The van der Waals surface area contributed by atoms with E-state index in [9.17, 15) is 5.11 Å². The minimum Gasteiger partial charge on any atom is -0.491 e. The van der Waals surface area contributed by atoms with E-state index in [4.69, 9.17) is 16.3 Å². The molecule has 15 heavy (non-hydrogen) atoms. The van der Waals surface area contributed by atoms with Crippen LogP contribution in [0.25, 0.3) is 0 Å². The molecule has 82 valence electrons. The first-order valence-electron chi connectivity index (χ1n) is 5.20. The van der Waals surface area contributed by atoms with Crippen molar-refractivity contribution in [3.63, 3.8) is 0 Å². The monoisotopic (exact) mass is 226 g/mol. The smallest absolute Gasteiger partial charge is 0.120 e. The zero-order valence-corrected chi connectivity index (χ0v) is 9.55. The first-order valence-corrected chi connectivity index (χ1v) is 5.58. The number of hydrogen-bond donors (Lipinski definition) is 1. The van der Waals surface area contributed by atoms with Gasteiger partial charge in [-0.25, -0.2) is 0 Å². The van der Waals surface area contributed by atoms with Gasteiger partial charge in [-0.3, -0.25) is 0 Å². The van der Waals surface area contributed by atoms with Crippen molar-refractivity contribution in [2.24, 2.45) is 0 Å². The minimum atomic E-state index is -0.600. The summed E-state index contributed by atoms with van der Waals surface area (Å²) in [6.07, 6.45) is 2.77. The van der Waals surface area contributed by atoms with Crippen molar-refractivity contribution in [2.45, 2.75) is 31.8 Å². The van der Waals surface area contributed by atoms with Crippen LogP contribution in [0.4, 0.5) is 0 Å². The number of aliphatic hydroxyl groups is 1. The quantitative estimate of drug-likeness (QED) is 0.859. The largest absolute Gasteiger partial charge is 0.491 e. The van der Waals surface area contributed by atoms with Crippen molar-refractivity contribution in [3.8, 4) is 5.75 Å². The number of halogens is 1. The predicted octanol–water partition coefficient (Wildman–Crippen LogP) is 2.94. The molecule has 0 bridgehead atoms. The minimum absolute atomic E-state index is 0.367. The number of rotatable bonds is 3. The van der Waals surface area contributed by atoms with Crippen LogP contribution in [0.1, 0.15) is 24.8 Å². The molecule has 1 aromatic rings. The summed E-state index contributed by atoms with van der Waals surface area (Å²) in [5, 5.41) is 10.5. The van der Waals surface area contributed by atoms with E-state index in [0.717, 1.165) is 30.6 Å². The lowest BCUT2D eigenvalue weighted by atomic mass is 9.81. The van der Waals surface area contributed by atoms with Gasteiger partial charge >= 0.3 is 0 Å². The van der Waals surface area contributed by atoms with Crippen LogP contribution in [0.5, 0.6) is 5.75 Å². The van der Waals surface area contributed by atoms with E-state index in [0.29, 0.717) is 11.6 Å². The van der Waals surface area contributed by atoms with Gasteiger partial charge in [0.1, 0.15) is 12.4 Å². The zero-order chi connectivity index (χ0) is 10.9. The Balaban J connectivity index is 1.96. The third-order valence-electron chi connectivity index (χ3n) is 2.94. The Morgan fingerprint density at radius 2 is 2.20 bits per heavy atom. The van der Waals surface area contributed by atoms with Crippen LogP contribution in [0.15, 0.2) is 18.2 Å². The van der Waals surface area contributed by atoms with E-state index in [1.54, 1.807) is 6.07 Å². The van der Waals surface area contributed by atoms with Crippen molar-refractivity contribution in [2.75, 3.05) is 6.61 Å². The Labute approximate surface area is 94.8 Å². The standard InChI is InChI=1S/C12H15ClO2/c1-9-3-4-10(7-11(9)13)15-8-12(14)5-2-6-12/h3-4,7,14H,2,5-6,8H2,1H3. The summed E-state index contributed by atoms with van der Waals surface area (Å²) in [6.45, 7) is 2.32. The van der Waals surface area contributed by atoms with Crippen LogP contribution in [-0.4, -0.2) is 17.3 Å². The second kappa shape index (κ2) is 4.03. The first kappa shape index (κ1) is 10.8. The second-order valence-corrected chi connectivity index (χ2v) is 4.68. The number of hydrogen-bond acceptors (Lipinski definition) is 2. The van der Waals surface area contributed by atoms with E-state index in [1.807, 2.05) is 19.1 Å². The van der Waals surface area contributed by atoms with Gasteiger partial charge in [0.05, 0.1) is 5.60 Å². The first-order chi connectivity index (χ1) is 7.09. The van der Waals surface area contributed by atoms with Gasteiger partial charge < -0.3 is 9.84 Å². The average Bonchev–Trinajstić information content (AvgIpc) is 2.17. The van der Waals surface area contributed by atoms with Crippen LogP contribution >= 0.6 is 11.6 Å². The summed E-state index contributed by atoms with van der Waals surface area (Å²) in [7, 11) is 0. The maximum Gasteiger partial charge on any atom is 0.120 e. The molecule has 0 spiro atoms. The fraction of sp³-hybridized carbons (Fsp3) is 0.500. The molecule has 0 unspecified atom stereocenters. The average molecular weight is 227 g/mol. The van der Waals surface area contributed by atoms with Crippen LogP contribution in [0.3, 0.4) is 0 Å². The van der Waals surface area contributed by atoms with Gasteiger partial charge in [-0.2, -0.15) is 0 Å². The lowest BCUT2D eigenvalue weighted by Gasteiger charge is -2.36. The Hall–Kier alpha value is -0.730. The van der Waals surface area contributed by atoms with Crippen LogP contribution in [0, 0.1) is 6.92 Å². The lowest BCUT2D eigenvalue weighted by molar-refractivity contribution is -0.0663. The Morgan fingerprint density at radius 3 is 2.73 bits per heavy atom. The molecule has 2 nitrogen and oxygen atoms in total. The molecule has 0 aromatic heterocycles. The predicted molar refractivity (Wildman–Crippen MR) is 60.5 cm³/mol. The van der Waals surface area contributed by atoms with Gasteiger partial charge in [0.25, 0.3) is 0 Å². The van der Waals surface area contributed by atoms with Gasteiger partial charge in [-0.05, 0) is 43.9 Å². The number of ether oxygens (including phenoxy) is 1. The van der Waals surface area contributed by atoms with Crippen LogP contribution < -0.4 is 4.74 Å². The molecule has 0 aliphatic heterocycles. The fourth-order valence-electron chi connectivity index (χ4n) is 1.61. The Morgan fingerprint density at radius 1 is 1.47 bits per heavy atom. The molecule has 1 aliphatic rings. The molecule has 1 N–H and O–H groups in total. The topological polar surface area (TPSA) is 29.5 Å². The van der Waals surface area contributed by atoms with Crippen molar-refractivity contribution in [1.29, 1.82) is 0 Å². The Bertz CT molecular complexity index is 359. The van der Waals surface area contributed by atoms with Gasteiger partial charge in [-0.1, -0.05) is 17.7 Å². The fourth-order valence-corrected chi connectivity index (χ4v) is 1.78. The molecular formula is C12H15ClO2. The Kier molecular flexibility index (Phi) is 2.89. The van der Waals surface area contributed by atoms with Crippen molar-refractivity contribution < 1.29 is 9.84 Å². The highest BCUT2D eigenvalue weighted by Gasteiger charge is 2.35. The van der Waals surface area contributed by atoms with Gasteiger partial charge in [0, 0.05) is 5.02 Å². The van der Waals surface area contributed by atoms with Gasteiger partial charge in [-0.15, -0.1) is 0 Å². The molecule has 1 fully saturated rings. The van der Waals surface area contributed by atoms with E-state index >= 15 is 0 Å². The molecule has 0 heterocycles. The van der Waals surface area contributed by atoms with Crippen molar-refractivity contribution in [1.82, 2.24) is 0 Å². The number of benzene rings is 1. The van der Waals surface area contributed by atoms with E-state index < -0.39 is 5.60 Å². The molecule has 1 saturated carbocycles. The molecule has 1 aliphatic carbocycles. The van der Waals surface area contributed by atoms with Gasteiger partial charge in [0.15, 0.2) is 0 Å². The molecule has 0 saturated heterocycles. The highest BCUT2D eigenvalue weighted by molar-refractivity contribution is 6.31. The summed E-state index contributed by atoms with van der Waals surface area (Å²) in [5.41, 5.74) is 0.434. The second-order valence-electron chi connectivity index (χ2n) is 4.28. The summed E-state index contributed by atoms with van der Waals surface area (Å²) in [4.78, 5) is 0. The number of aryl methyl sites for hydroxylation is 1. The van der Waals surface area contributed by atoms with Gasteiger partial charge in [0.2, 0.25) is 0 Å². The third-order valence-corrected chi connectivity index (χ3v) is 3.34. The van der Waals surface area contributed by atoms with E-state index in [1.165, 1.54) is 0 Å². The molecule has 3 heteroatoms. The van der Waals surface area contributed by atoms with Crippen LogP contribution in [0.2, 0.25) is 5.02 Å².